The van der Waals surface area contributed by atoms with Gasteiger partial charge in [-0.25, -0.2) is 0 Å². The van der Waals surface area contributed by atoms with E-state index in [1.807, 2.05) is 0 Å². The Hall–Kier alpha value is -1.56. The molecule has 2 saturated heterocycles. The van der Waals surface area contributed by atoms with Gasteiger partial charge in [-0.05, 0) is 16.7 Å². The molecular formula is C24H36O13. The quantitative estimate of drug-likeness (QED) is 0.1000. The van der Waals surface area contributed by atoms with Crippen molar-refractivity contribution < 1.29 is 64.5 Å². The third kappa shape index (κ3) is 7.52. The standard InChI is InChI=1S/C24H36O13/c1-2-3-33-9-12-4-13(10-34-23-21(31)19(29)17(27)15(7-25)36-23)6-14(5-12)11-35-24-22(32)20(30)18(28)16(8-26)37-24/h2,4-6,15-32H,1,3,7-11H2/t15-,16-,17-,18+,19+,20+,21-,22-,23-,24-/m1/s1. The summed E-state index contributed by atoms with van der Waals surface area (Å²) in [6, 6.07) is 5.24. The average Bonchev–Trinajstić information content (AvgIpc) is 2.90. The summed E-state index contributed by atoms with van der Waals surface area (Å²) in [5.74, 6) is 0. The van der Waals surface area contributed by atoms with Gasteiger partial charge >= 0.3 is 0 Å². The summed E-state index contributed by atoms with van der Waals surface area (Å²) < 4.78 is 27.5. The lowest BCUT2D eigenvalue weighted by Crippen LogP contribution is -2.59. The van der Waals surface area contributed by atoms with Crippen molar-refractivity contribution in [2.45, 2.75) is 81.2 Å². The highest BCUT2D eigenvalue weighted by atomic mass is 16.7. The fourth-order valence-electron chi connectivity index (χ4n) is 4.12. The van der Waals surface area contributed by atoms with Gasteiger partial charge in [0, 0.05) is 0 Å². The molecule has 0 amide bonds. The summed E-state index contributed by atoms with van der Waals surface area (Å²) in [5, 5.41) is 78.9. The molecule has 0 spiro atoms. The molecule has 2 aliphatic heterocycles. The zero-order chi connectivity index (χ0) is 27.1. The molecule has 2 heterocycles. The molecular weight excluding hydrogens is 496 g/mol. The molecule has 0 aromatic heterocycles. The fourth-order valence-corrected chi connectivity index (χ4v) is 4.12. The second-order valence-corrected chi connectivity index (χ2v) is 8.98. The second kappa shape index (κ2) is 14.0. The largest absolute Gasteiger partial charge is 0.394 e. The van der Waals surface area contributed by atoms with Gasteiger partial charge in [0.2, 0.25) is 0 Å². The van der Waals surface area contributed by atoms with E-state index >= 15 is 0 Å². The van der Waals surface area contributed by atoms with Crippen LogP contribution in [0.15, 0.2) is 30.9 Å². The predicted molar refractivity (Wildman–Crippen MR) is 123 cm³/mol. The molecule has 1 aromatic carbocycles. The summed E-state index contributed by atoms with van der Waals surface area (Å²) in [7, 11) is 0. The lowest BCUT2D eigenvalue weighted by molar-refractivity contribution is -0.304. The Kier molecular flexibility index (Phi) is 11.4. The van der Waals surface area contributed by atoms with Gasteiger partial charge in [0.05, 0.1) is 39.6 Å². The van der Waals surface area contributed by atoms with Gasteiger partial charge in [-0.15, -0.1) is 6.58 Å². The van der Waals surface area contributed by atoms with Crippen molar-refractivity contribution in [2.75, 3.05) is 19.8 Å². The lowest BCUT2D eigenvalue weighted by Gasteiger charge is -2.39. The monoisotopic (exact) mass is 532 g/mol. The minimum absolute atomic E-state index is 0.0922. The normalized spacial score (nSPS) is 36.4. The van der Waals surface area contributed by atoms with Gasteiger partial charge in [-0.3, -0.25) is 0 Å². The van der Waals surface area contributed by atoms with Crippen molar-refractivity contribution >= 4 is 0 Å². The van der Waals surface area contributed by atoms with Crippen LogP contribution in [0.2, 0.25) is 0 Å². The minimum Gasteiger partial charge on any atom is -0.394 e. The smallest absolute Gasteiger partial charge is 0.187 e. The summed E-state index contributed by atoms with van der Waals surface area (Å²) in [6.07, 6.45) is -12.5. The lowest BCUT2D eigenvalue weighted by atomic mass is 9.99. The average molecular weight is 533 g/mol. The molecule has 13 heteroatoms. The van der Waals surface area contributed by atoms with Gasteiger partial charge in [-0.2, -0.15) is 0 Å². The SMILES string of the molecule is C=CCOCc1cc(CO[C@@H]2O[C@H](CO)[C@@H](O)[C@H](O)[C@H]2O)cc(CO[C@@H]2O[C@H](CO)[C@H](O)[C@H](O)[C@H]2O)c1. The van der Waals surface area contributed by atoms with E-state index in [-0.39, 0.29) is 19.8 Å². The Bertz CT molecular complexity index is 792. The maximum Gasteiger partial charge on any atom is 0.187 e. The van der Waals surface area contributed by atoms with Gasteiger partial charge in [0.1, 0.15) is 48.8 Å². The third-order valence-corrected chi connectivity index (χ3v) is 6.14. The van der Waals surface area contributed by atoms with Crippen molar-refractivity contribution in [1.82, 2.24) is 0 Å². The van der Waals surface area contributed by atoms with Crippen molar-refractivity contribution in [2.24, 2.45) is 0 Å². The first kappa shape index (κ1) is 30.0. The van der Waals surface area contributed by atoms with Gasteiger partial charge in [0.15, 0.2) is 12.6 Å². The molecule has 13 nitrogen and oxygen atoms in total. The fraction of sp³-hybridized carbons (Fsp3) is 0.667. The molecule has 2 aliphatic rings. The molecule has 0 aliphatic carbocycles. The van der Waals surface area contributed by atoms with Gasteiger partial charge < -0.3 is 64.5 Å². The first-order valence-corrected chi connectivity index (χ1v) is 11.8. The highest BCUT2D eigenvalue weighted by molar-refractivity contribution is 5.29. The van der Waals surface area contributed by atoms with Crippen molar-refractivity contribution in [3.63, 3.8) is 0 Å². The molecule has 10 atom stereocenters. The Morgan fingerprint density at radius 2 is 1.05 bits per heavy atom. The molecule has 210 valence electrons. The Labute approximate surface area is 213 Å². The van der Waals surface area contributed by atoms with E-state index in [1.54, 1.807) is 24.3 Å². The van der Waals surface area contributed by atoms with Crippen LogP contribution in [0.5, 0.6) is 0 Å². The van der Waals surface area contributed by atoms with E-state index in [0.29, 0.717) is 17.7 Å². The molecule has 0 radical (unpaired) electrons. The van der Waals surface area contributed by atoms with Gasteiger partial charge in [0.25, 0.3) is 0 Å². The van der Waals surface area contributed by atoms with E-state index in [2.05, 4.69) is 6.58 Å². The molecule has 2 fully saturated rings. The summed E-state index contributed by atoms with van der Waals surface area (Å²) in [6.45, 7) is 2.77. The van der Waals surface area contributed by atoms with Gasteiger partial charge in [-0.1, -0.05) is 24.3 Å². The Morgan fingerprint density at radius 1 is 0.649 bits per heavy atom. The van der Waals surface area contributed by atoms with Crippen LogP contribution in [0.4, 0.5) is 0 Å². The van der Waals surface area contributed by atoms with E-state index in [4.69, 9.17) is 23.7 Å². The van der Waals surface area contributed by atoms with Crippen molar-refractivity contribution in [3.05, 3.63) is 47.5 Å². The Morgan fingerprint density at radius 3 is 1.43 bits per heavy atom. The number of hydrogen-bond donors (Lipinski definition) is 8. The van der Waals surface area contributed by atoms with E-state index in [1.165, 1.54) is 0 Å². The number of aliphatic hydroxyl groups excluding tert-OH is 8. The van der Waals surface area contributed by atoms with Crippen LogP contribution in [-0.2, 0) is 43.5 Å². The highest BCUT2D eigenvalue weighted by Crippen LogP contribution is 2.25. The van der Waals surface area contributed by atoms with Crippen LogP contribution in [0.3, 0.4) is 0 Å². The van der Waals surface area contributed by atoms with E-state index < -0.39 is 74.6 Å². The summed E-state index contributed by atoms with van der Waals surface area (Å²) >= 11 is 0. The van der Waals surface area contributed by atoms with E-state index in [0.717, 1.165) is 5.56 Å². The first-order valence-electron chi connectivity index (χ1n) is 11.8. The topological polar surface area (TPSA) is 208 Å². The van der Waals surface area contributed by atoms with Crippen LogP contribution >= 0.6 is 0 Å². The van der Waals surface area contributed by atoms with Crippen LogP contribution in [0, 0.1) is 0 Å². The molecule has 1 aromatic rings. The molecule has 8 N–H and O–H groups in total. The summed E-state index contributed by atoms with van der Waals surface area (Å²) in [5.41, 5.74) is 1.93. The molecule has 0 saturated carbocycles. The number of aliphatic hydroxyl groups is 8. The predicted octanol–water partition coefficient (Wildman–Crippen LogP) is -2.98. The number of hydrogen-bond acceptors (Lipinski definition) is 13. The zero-order valence-electron chi connectivity index (χ0n) is 20.2. The molecule has 3 rings (SSSR count). The number of ether oxygens (including phenoxy) is 5. The first-order chi connectivity index (χ1) is 17.7. The highest BCUT2D eigenvalue weighted by Gasteiger charge is 2.45. The maximum absolute atomic E-state index is 10.2. The van der Waals surface area contributed by atoms with Crippen LogP contribution in [0.25, 0.3) is 0 Å². The summed E-state index contributed by atoms with van der Waals surface area (Å²) in [4.78, 5) is 0. The second-order valence-electron chi connectivity index (χ2n) is 8.98. The minimum atomic E-state index is -1.57. The maximum atomic E-state index is 10.2. The Balaban J connectivity index is 1.70. The van der Waals surface area contributed by atoms with Crippen LogP contribution in [0.1, 0.15) is 16.7 Å². The zero-order valence-corrected chi connectivity index (χ0v) is 20.2. The van der Waals surface area contributed by atoms with Crippen molar-refractivity contribution in [1.29, 1.82) is 0 Å². The molecule has 37 heavy (non-hydrogen) atoms. The number of benzene rings is 1. The number of rotatable bonds is 12. The molecule has 0 bridgehead atoms. The molecule has 0 unspecified atom stereocenters. The van der Waals surface area contributed by atoms with E-state index in [9.17, 15) is 40.9 Å². The van der Waals surface area contributed by atoms with Crippen LogP contribution < -0.4 is 0 Å². The van der Waals surface area contributed by atoms with Crippen LogP contribution in [-0.4, -0.2) is 122 Å². The van der Waals surface area contributed by atoms with Crippen molar-refractivity contribution in [3.8, 4) is 0 Å². The third-order valence-electron chi connectivity index (χ3n) is 6.14.